The molecule has 0 aliphatic rings. The van der Waals surface area contributed by atoms with Crippen LogP contribution in [0.15, 0.2) is 60.8 Å². The summed E-state index contributed by atoms with van der Waals surface area (Å²) >= 11 is 0. The molecule has 0 heterocycles. The molecule has 0 amide bonds. The van der Waals surface area contributed by atoms with E-state index in [9.17, 15) is 10.1 Å². The largest absolute Gasteiger partial charge is 0.271 e. The van der Waals surface area contributed by atoms with Crippen LogP contribution in [0, 0.1) is 10.1 Å². The first-order chi connectivity index (χ1) is 9.12. The maximum absolute atomic E-state index is 10.9. The van der Waals surface area contributed by atoms with Gasteiger partial charge in [0.05, 0.1) is 4.92 Å². The number of rotatable bonds is 7. The monoisotopic (exact) mass is 257 g/mol. The second-order valence-corrected chi connectivity index (χ2v) is 4.25. The van der Waals surface area contributed by atoms with Gasteiger partial charge in [-0.25, -0.2) is 0 Å². The third-order valence-electron chi connectivity index (χ3n) is 3.08. The standard InChI is InChI=1S/C16H19NO2/c1-4-13-7-9-14(10-8-13)11-12-15(5-2)16(6-3)17(18)19/h5-10H,2-4,11-12H2,1H3/b16-15-. The number of benzene rings is 1. The minimum absolute atomic E-state index is 0.0418. The zero-order valence-corrected chi connectivity index (χ0v) is 11.3. The van der Waals surface area contributed by atoms with Crippen molar-refractivity contribution in [1.29, 1.82) is 0 Å². The van der Waals surface area contributed by atoms with Crippen molar-refractivity contribution >= 4 is 0 Å². The molecule has 0 saturated heterocycles. The van der Waals surface area contributed by atoms with Crippen molar-refractivity contribution in [2.24, 2.45) is 0 Å². The highest BCUT2D eigenvalue weighted by molar-refractivity contribution is 5.29. The van der Waals surface area contributed by atoms with Crippen molar-refractivity contribution < 1.29 is 4.92 Å². The van der Waals surface area contributed by atoms with Gasteiger partial charge in [-0.1, -0.05) is 50.4 Å². The van der Waals surface area contributed by atoms with E-state index >= 15 is 0 Å². The van der Waals surface area contributed by atoms with Crippen LogP contribution >= 0.6 is 0 Å². The van der Waals surface area contributed by atoms with Gasteiger partial charge in [0.1, 0.15) is 0 Å². The predicted octanol–water partition coefficient (Wildman–Crippen LogP) is 4.08. The van der Waals surface area contributed by atoms with Gasteiger partial charge in [0, 0.05) is 11.6 Å². The molecule has 3 heteroatoms. The quantitative estimate of drug-likeness (QED) is 0.419. The molecule has 19 heavy (non-hydrogen) atoms. The Labute approximate surface area is 114 Å². The van der Waals surface area contributed by atoms with E-state index in [4.69, 9.17) is 0 Å². The Kier molecular flexibility index (Phi) is 5.73. The van der Waals surface area contributed by atoms with E-state index in [0.717, 1.165) is 12.8 Å². The van der Waals surface area contributed by atoms with Crippen LogP contribution in [0.1, 0.15) is 24.5 Å². The smallest absolute Gasteiger partial charge is 0.258 e. The second-order valence-electron chi connectivity index (χ2n) is 4.25. The number of nitro groups is 1. The van der Waals surface area contributed by atoms with Crippen molar-refractivity contribution in [2.75, 3.05) is 0 Å². The molecule has 0 radical (unpaired) electrons. The molecule has 1 aromatic rings. The lowest BCUT2D eigenvalue weighted by Gasteiger charge is -2.04. The maximum Gasteiger partial charge on any atom is 0.271 e. The van der Waals surface area contributed by atoms with Crippen LogP contribution in [-0.4, -0.2) is 4.92 Å². The minimum atomic E-state index is -0.413. The first kappa shape index (κ1) is 14.9. The number of hydrogen-bond donors (Lipinski definition) is 0. The second kappa shape index (κ2) is 7.31. The average molecular weight is 257 g/mol. The topological polar surface area (TPSA) is 43.1 Å². The van der Waals surface area contributed by atoms with E-state index in [2.05, 4.69) is 44.3 Å². The summed E-state index contributed by atoms with van der Waals surface area (Å²) in [6.45, 7) is 9.24. The Morgan fingerprint density at radius 2 is 1.79 bits per heavy atom. The summed E-state index contributed by atoms with van der Waals surface area (Å²) in [6.07, 6.45) is 5.19. The average Bonchev–Trinajstić information content (AvgIpc) is 2.43. The number of allylic oxidation sites excluding steroid dienone is 3. The summed E-state index contributed by atoms with van der Waals surface area (Å²) in [4.78, 5) is 10.4. The summed E-state index contributed by atoms with van der Waals surface area (Å²) < 4.78 is 0. The molecule has 0 fully saturated rings. The highest BCUT2D eigenvalue weighted by Gasteiger charge is 2.11. The van der Waals surface area contributed by atoms with E-state index in [1.807, 2.05) is 0 Å². The van der Waals surface area contributed by atoms with Gasteiger partial charge in [-0.3, -0.25) is 10.1 Å². The summed E-state index contributed by atoms with van der Waals surface area (Å²) in [5.41, 5.74) is 3.13. The van der Waals surface area contributed by atoms with E-state index in [1.165, 1.54) is 17.2 Å². The van der Waals surface area contributed by atoms with Crippen molar-refractivity contribution in [2.45, 2.75) is 26.2 Å². The van der Waals surface area contributed by atoms with E-state index in [1.54, 1.807) is 6.08 Å². The number of hydrogen-bond acceptors (Lipinski definition) is 2. The van der Waals surface area contributed by atoms with Crippen LogP contribution in [0.5, 0.6) is 0 Å². The van der Waals surface area contributed by atoms with E-state index in [0.29, 0.717) is 12.0 Å². The summed E-state index contributed by atoms with van der Waals surface area (Å²) in [7, 11) is 0. The number of nitrogens with zero attached hydrogens (tertiary/aromatic N) is 1. The van der Waals surface area contributed by atoms with Gasteiger partial charge in [-0.15, -0.1) is 0 Å². The molecule has 1 rings (SSSR count). The zero-order chi connectivity index (χ0) is 14.3. The predicted molar refractivity (Wildman–Crippen MR) is 78.6 cm³/mol. The van der Waals surface area contributed by atoms with Gasteiger partial charge in [0.15, 0.2) is 0 Å². The van der Waals surface area contributed by atoms with Crippen LogP contribution in [-0.2, 0) is 12.8 Å². The minimum Gasteiger partial charge on any atom is -0.258 e. The summed E-state index contributed by atoms with van der Waals surface area (Å²) in [5.74, 6) is 0. The Morgan fingerprint density at radius 3 is 2.21 bits per heavy atom. The summed E-state index contributed by atoms with van der Waals surface area (Å²) in [5, 5.41) is 10.9. The van der Waals surface area contributed by atoms with Crippen molar-refractivity contribution in [1.82, 2.24) is 0 Å². The molecule has 1 aromatic carbocycles. The van der Waals surface area contributed by atoms with Gasteiger partial charge in [-0.2, -0.15) is 0 Å². The molecule has 0 aliphatic heterocycles. The Hall–Kier alpha value is -2.16. The van der Waals surface area contributed by atoms with Gasteiger partial charge >= 0.3 is 0 Å². The Morgan fingerprint density at radius 1 is 1.21 bits per heavy atom. The fourth-order valence-corrected chi connectivity index (χ4v) is 1.88. The molecule has 0 aromatic heterocycles. The molecule has 0 saturated carbocycles. The lowest BCUT2D eigenvalue weighted by atomic mass is 10.0. The molecule has 3 nitrogen and oxygen atoms in total. The molecule has 0 bridgehead atoms. The van der Waals surface area contributed by atoms with E-state index in [-0.39, 0.29) is 5.70 Å². The highest BCUT2D eigenvalue weighted by Crippen LogP contribution is 2.16. The first-order valence-corrected chi connectivity index (χ1v) is 6.32. The molecule has 0 aliphatic carbocycles. The normalized spacial score (nSPS) is 11.6. The molecule has 0 atom stereocenters. The zero-order valence-electron chi connectivity index (χ0n) is 11.3. The van der Waals surface area contributed by atoms with Crippen molar-refractivity contribution in [3.8, 4) is 0 Å². The highest BCUT2D eigenvalue weighted by atomic mass is 16.6. The van der Waals surface area contributed by atoms with Crippen LogP contribution in [0.3, 0.4) is 0 Å². The SMILES string of the molecule is C=C/C(CCc1ccc(CC)cc1)=C(\C=C)[N+](=O)[O-]. The number of aryl methyl sites for hydroxylation is 2. The third-order valence-corrected chi connectivity index (χ3v) is 3.08. The molecule has 0 spiro atoms. The van der Waals surface area contributed by atoms with Gasteiger partial charge in [0.2, 0.25) is 0 Å². The molecule has 0 N–H and O–H groups in total. The lowest BCUT2D eigenvalue weighted by Crippen LogP contribution is -2.00. The Bertz CT molecular complexity index is 498. The van der Waals surface area contributed by atoms with E-state index < -0.39 is 4.92 Å². The van der Waals surface area contributed by atoms with Crippen molar-refractivity contribution in [3.63, 3.8) is 0 Å². The van der Waals surface area contributed by atoms with Crippen molar-refractivity contribution in [3.05, 3.63) is 82.1 Å². The molecule has 100 valence electrons. The summed E-state index contributed by atoms with van der Waals surface area (Å²) in [6, 6.07) is 8.32. The van der Waals surface area contributed by atoms with Gasteiger partial charge < -0.3 is 0 Å². The maximum atomic E-state index is 10.9. The van der Waals surface area contributed by atoms with Gasteiger partial charge in [0.25, 0.3) is 5.70 Å². The van der Waals surface area contributed by atoms with Crippen LogP contribution in [0.4, 0.5) is 0 Å². The Balaban J connectivity index is 2.80. The van der Waals surface area contributed by atoms with Crippen LogP contribution in [0.2, 0.25) is 0 Å². The fraction of sp³-hybridized carbons (Fsp3) is 0.250. The molecular formula is C16H19NO2. The fourth-order valence-electron chi connectivity index (χ4n) is 1.88. The first-order valence-electron chi connectivity index (χ1n) is 6.32. The molecule has 0 unspecified atom stereocenters. The third kappa shape index (κ3) is 4.21. The van der Waals surface area contributed by atoms with Crippen LogP contribution < -0.4 is 0 Å². The molecular weight excluding hydrogens is 238 g/mol. The van der Waals surface area contributed by atoms with Crippen LogP contribution in [0.25, 0.3) is 0 Å². The lowest BCUT2D eigenvalue weighted by molar-refractivity contribution is -0.420. The van der Waals surface area contributed by atoms with Gasteiger partial charge in [-0.05, 0) is 30.4 Å².